The van der Waals surface area contributed by atoms with Gasteiger partial charge in [-0.05, 0) is 37.7 Å². The second kappa shape index (κ2) is 5.50. The van der Waals surface area contributed by atoms with Crippen molar-refractivity contribution in [1.82, 2.24) is 19.7 Å². The number of aryl methyl sites for hydroxylation is 2. The molecule has 0 spiro atoms. The molecule has 0 unspecified atom stereocenters. The SMILES string of the molecule is CN(Cc1nnc2n1CCC2)C(=O)c1csc2c1CCCC2. The fourth-order valence-electron chi connectivity index (χ4n) is 3.49. The van der Waals surface area contributed by atoms with Crippen molar-refractivity contribution < 1.29 is 4.79 Å². The Balaban J connectivity index is 1.54. The van der Waals surface area contributed by atoms with Crippen molar-refractivity contribution in [3.63, 3.8) is 0 Å². The summed E-state index contributed by atoms with van der Waals surface area (Å²) in [6.45, 7) is 1.52. The van der Waals surface area contributed by atoms with Crippen LogP contribution in [0, 0.1) is 0 Å². The quantitative estimate of drug-likeness (QED) is 0.874. The van der Waals surface area contributed by atoms with Gasteiger partial charge in [0.05, 0.1) is 12.1 Å². The van der Waals surface area contributed by atoms with E-state index >= 15 is 0 Å². The lowest BCUT2D eigenvalue weighted by atomic mass is 9.95. The highest BCUT2D eigenvalue weighted by molar-refractivity contribution is 7.10. The largest absolute Gasteiger partial charge is 0.334 e. The number of carbonyl (C=O) groups is 1. The van der Waals surface area contributed by atoms with Crippen LogP contribution >= 0.6 is 11.3 Å². The Labute approximate surface area is 134 Å². The zero-order valence-electron chi connectivity index (χ0n) is 12.8. The Morgan fingerprint density at radius 3 is 3.05 bits per heavy atom. The van der Waals surface area contributed by atoms with Crippen molar-refractivity contribution in [2.45, 2.75) is 51.6 Å². The number of hydrogen-bond donors (Lipinski definition) is 0. The van der Waals surface area contributed by atoms with E-state index < -0.39 is 0 Å². The maximum Gasteiger partial charge on any atom is 0.255 e. The van der Waals surface area contributed by atoms with Gasteiger partial charge in [0.2, 0.25) is 0 Å². The summed E-state index contributed by atoms with van der Waals surface area (Å²) in [6.07, 6.45) is 6.77. The molecule has 5 nitrogen and oxygen atoms in total. The molecule has 1 aliphatic heterocycles. The van der Waals surface area contributed by atoms with Gasteiger partial charge in [-0.15, -0.1) is 21.5 Å². The maximum atomic E-state index is 12.8. The summed E-state index contributed by atoms with van der Waals surface area (Å²) in [6, 6.07) is 0. The molecular weight excluding hydrogens is 296 g/mol. The molecule has 1 amide bonds. The highest BCUT2D eigenvalue weighted by atomic mass is 32.1. The van der Waals surface area contributed by atoms with E-state index in [-0.39, 0.29) is 5.91 Å². The van der Waals surface area contributed by atoms with Crippen molar-refractivity contribution in [3.8, 4) is 0 Å². The van der Waals surface area contributed by atoms with Crippen molar-refractivity contribution in [3.05, 3.63) is 33.0 Å². The lowest BCUT2D eigenvalue weighted by molar-refractivity contribution is 0.0779. The first-order chi connectivity index (χ1) is 10.7. The van der Waals surface area contributed by atoms with Gasteiger partial charge in [0.1, 0.15) is 5.82 Å². The second-order valence-corrected chi connectivity index (χ2v) is 7.17. The van der Waals surface area contributed by atoms with E-state index in [2.05, 4.69) is 14.8 Å². The first kappa shape index (κ1) is 13.9. The third-order valence-electron chi connectivity index (χ3n) is 4.70. The minimum absolute atomic E-state index is 0.120. The molecule has 1 aliphatic carbocycles. The molecule has 2 aliphatic rings. The smallest absolute Gasteiger partial charge is 0.255 e. The number of nitrogens with zero attached hydrogens (tertiary/aromatic N) is 4. The fourth-order valence-corrected chi connectivity index (χ4v) is 4.61. The normalized spacial score (nSPS) is 16.4. The average Bonchev–Trinajstić information content (AvgIpc) is 3.22. The fraction of sp³-hybridized carbons (Fsp3) is 0.562. The molecule has 3 heterocycles. The van der Waals surface area contributed by atoms with Crippen LogP contribution in [-0.4, -0.2) is 32.6 Å². The molecule has 22 heavy (non-hydrogen) atoms. The third kappa shape index (κ3) is 2.26. The Morgan fingerprint density at radius 1 is 1.27 bits per heavy atom. The van der Waals surface area contributed by atoms with Crippen molar-refractivity contribution >= 4 is 17.2 Å². The molecule has 0 saturated heterocycles. The molecule has 0 bridgehead atoms. The summed E-state index contributed by atoms with van der Waals surface area (Å²) in [5.74, 6) is 2.09. The van der Waals surface area contributed by atoms with Crippen LogP contribution < -0.4 is 0 Å². The third-order valence-corrected chi connectivity index (χ3v) is 5.79. The molecule has 2 aromatic rings. The topological polar surface area (TPSA) is 51.0 Å². The van der Waals surface area contributed by atoms with Gasteiger partial charge < -0.3 is 9.47 Å². The van der Waals surface area contributed by atoms with Gasteiger partial charge in [-0.3, -0.25) is 4.79 Å². The van der Waals surface area contributed by atoms with Crippen LogP contribution in [-0.2, 0) is 32.4 Å². The van der Waals surface area contributed by atoms with Crippen molar-refractivity contribution in [2.75, 3.05) is 7.05 Å². The number of hydrogen-bond acceptors (Lipinski definition) is 4. The number of amides is 1. The maximum absolute atomic E-state index is 12.8. The summed E-state index contributed by atoms with van der Waals surface area (Å²) < 4.78 is 2.16. The molecular formula is C16H20N4OS. The van der Waals surface area contributed by atoms with Crippen molar-refractivity contribution in [2.24, 2.45) is 0 Å². The van der Waals surface area contributed by atoms with Gasteiger partial charge in [-0.25, -0.2) is 0 Å². The van der Waals surface area contributed by atoms with Crippen LogP contribution in [0.15, 0.2) is 5.38 Å². The van der Waals surface area contributed by atoms with E-state index in [4.69, 9.17) is 0 Å². The first-order valence-electron chi connectivity index (χ1n) is 7.99. The predicted molar refractivity (Wildman–Crippen MR) is 85.1 cm³/mol. The lowest BCUT2D eigenvalue weighted by Crippen LogP contribution is -2.28. The molecule has 0 atom stereocenters. The van der Waals surface area contributed by atoms with Crippen LogP contribution in [0.1, 0.15) is 51.7 Å². The molecule has 6 heteroatoms. The van der Waals surface area contributed by atoms with E-state index in [1.54, 1.807) is 16.2 Å². The molecule has 0 N–H and O–H groups in total. The molecule has 0 aromatic carbocycles. The molecule has 116 valence electrons. The van der Waals surface area contributed by atoms with Crippen LogP contribution in [0.4, 0.5) is 0 Å². The monoisotopic (exact) mass is 316 g/mol. The van der Waals surface area contributed by atoms with Gasteiger partial charge in [-0.1, -0.05) is 0 Å². The van der Waals surface area contributed by atoms with Crippen LogP contribution in [0.2, 0.25) is 0 Å². The Kier molecular flexibility index (Phi) is 3.48. The Hall–Kier alpha value is -1.69. The molecule has 0 fully saturated rings. The average molecular weight is 316 g/mol. The number of aromatic nitrogens is 3. The van der Waals surface area contributed by atoms with Crippen LogP contribution in [0.3, 0.4) is 0 Å². The highest BCUT2D eigenvalue weighted by Gasteiger charge is 2.24. The van der Waals surface area contributed by atoms with Gasteiger partial charge in [0.25, 0.3) is 5.91 Å². The second-order valence-electron chi connectivity index (χ2n) is 6.21. The Morgan fingerprint density at radius 2 is 2.14 bits per heavy atom. The van der Waals surface area contributed by atoms with E-state index in [0.717, 1.165) is 49.4 Å². The number of carbonyl (C=O) groups excluding carboxylic acids is 1. The predicted octanol–water partition coefficient (Wildman–Crippen LogP) is 2.44. The Bertz CT molecular complexity index is 718. The van der Waals surface area contributed by atoms with Crippen molar-refractivity contribution in [1.29, 1.82) is 0 Å². The molecule has 0 radical (unpaired) electrons. The van der Waals surface area contributed by atoms with E-state index in [0.29, 0.717) is 6.54 Å². The summed E-state index contributed by atoms with van der Waals surface area (Å²) in [5.41, 5.74) is 2.20. The van der Waals surface area contributed by atoms with Gasteiger partial charge in [0.15, 0.2) is 5.82 Å². The van der Waals surface area contributed by atoms with E-state index in [1.807, 2.05) is 12.4 Å². The zero-order chi connectivity index (χ0) is 15.1. The zero-order valence-corrected chi connectivity index (χ0v) is 13.7. The van der Waals surface area contributed by atoms with Gasteiger partial charge in [-0.2, -0.15) is 0 Å². The van der Waals surface area contributed by atoms with Crippen LogP contribution in [0.25, 0.3) is 0 Å². The van der Waals surface area contributed by atoms with Gasteiger partial charge in [0, 0.05) is 30.3 Å². The molecule has 0 saturated carbocycles. The molecule has 4 rings (SSSR count). The van der Waals surface area contributed by atoms with E-state index in [1.165, 1.54) is 23.3 Å². The first-order valence-corrected chi connectivity index (χ1v) is 8.87. The number of thiophene rings is 1. The molecule has 2 aromatic heterocycles. The minimum Gasteiger partial charge on any atom is -0.334 e. The summed E-state index contributed by atoms with van der Waals surface area (Å²) in [7, 11) is 1.87. The highest BCUT2D eigenvalue weighted by Crippen LogP contribution is 2.31. The summed E-state index contributed by atoms with van der Waals surface area (Å²) in [5, 5.41) is 10.5. The summed E-state index contributed by atoms with van der Waals surface area (Å²) in [4.78, 5) is 16.0. The lowest BCUT2D eigenvalue weighted by Gasteiger charge is -2.18. The minimum atomic E-state index is 0.120. The standard InChI is InChI=1S/C16H20N4OS/c1-19(9-15-18-17-14-7-4-8-20(14)15)16(21)12-10-22-13-6-3-2-5-11(12)13/h10H,2-9H2,1H3. The number of fused-ring (bicyclic) bond motifs is 2. The van der Waals surface area contributed by atoms with Crippen LogP contribution in [0.5, 0.6) is 0 Å². The number of rotatable bonds is 3. The van der Waals surface area contributed by atoms with E-state index in [9.17, 15) is 4.79 Å². The van der Waals surface area contributed by atoms with Gasteiger partial charge >= 0.3 is 0 Å². The summed E-state index contributed by atoms with van der Waals surface area (Å²) >= 11 is 1.75.